The summed E-state index contributed by atoms with van der Waals surface area (Å²) in [6.07, 6.45) is 16.3. The van der Waals surface area contributed by atoms with Gasteiger partial charge in [0.05, 0.1) is 47.3 Å². The molecule has 23 heteroatoms. The normalized spacial score (nSPS) is 20.7. The maximum absolute atomic E-state index is 13.5. The predicted octanol–water partition coefficient (Wildman–Crippen LogP) is 9.89. The number of aromatic nitrogens is 6. The molecule has 2 saturated heterocycles. The van der Waals surface area contributed by atoms with Gasteiger partial charge in [0.2, 0.25) is 11.8 Å². The lowest BCUT2D eigenvalue weighted by atomic mass is 9.93. The first kappa shape index (κ1) is 59.4. The van der Waals surface area contributed by atoms with Gasteiger partial charge < -0.3 is 29.2 Å². The summed E-state index contributed by atoms with van der Waals surface area (Å²) in [5.74, 6) is 2.85. The van der Waals surface area contributed by atoms with Gasteiger partial charge in [0.15, 0.2) is 11.6 Å². The first-order valence-corrected chi connectivity index (χ1v) is 32.0. The van der Waals surface area contributed by atoms with E-state index < -0.39 is 31.9 Å². The summed E-state index contributed by atoms with van der Waals surface area (Å²) in [6.45, 7) is 17.2. The van der Waals surface area contributed by atoms with Gasteiger partial charge >= 0.3 is 0 Å². The van der Waals surface area contributed by atoms with Gasteiger partial charge in [0.25, 0.3) is 31.9 Å². The highest BCUT2D eigenvalue weighted by atomic mass is 35.5. The van der Waals surface area contributed by atoms with Crippen LogP contribution in [0.1, 0.15) is 139 Å². The van der Waals surface area contributed by atoms with Crippen molar-refractivity contribution < 1.29 is 45.4 Å². The van der Waals surface area contributed by atoms with E-state index in [-0.39, 0.29) is 37.1 Å². The quantitative estimate of drug-likeness (QED) is 0.0536. The number of rotatable bonds is 18. The van der Waals surface area contributed by atoms with Gasteiger partial charge in [-0.3, -0.25) is 9.59 Å². The Bertz CT molecular complexity index is 3530. The van der Waals surface area contributed by atoms with Crippen LogP contribution in [0.25, 0.3) is 11.6 Å². The van der Waals surface area contributed by atoms with E-state index in [4.69, 9.17) is 35.5 Å². The number of pyridine rings is 2. The van der Waals surface area contributed by atoms with Gasteiger partial charge in [-0.05, 0) is 207 Å². The van der Waals surface area contributed by atoms with E-state index in [2.05, 4.69) is 76.4 Å². The van der Waals surface area contributed by atoms with Gasteiger partial charge in [-0.1, -0.05) is 25.4 Å². The molecule has 20 nitrogen and oxygen atoms in total. The molecule has 12 rings (SSSR count). The number of nitrogens with zero attached hydrogens (tertiary/aromatic N) is 7. The number of halogens is 1. The third kappa shape index (κ3) is 15.2. The minimum atomic E-state index is -4.15. The fourth-order valence-electron chi connectivity index (χ4n) is 10.9. The monoisotopic (exact) mass is 1190 g/mol. The Morgan fingerprint density at radius 1 is 0.783 bits per heavy atom. The van der Waals surface area contributed by atoms with Crippen molar-refractivity contribution in [3.05, 3.63) is 114 Å². The second kappa shape index (κ2) is 24.1. The summed E-state index contributed by atoms with van der Waals surface area (Å²) in [5, 5.41) is 12.3. The Hall–Kier alpha value is -6.75. The number of hydrogen-bond acceptors (Lipinski definition) is 16. The summed E-state index contributed by atoms with van der Waals surface area (Å²) in [5.41, 5.74) is 0.800. The van der Waals surface area contributed by atoms with E-state index in [9.17, 15) is 26.4 Å². The summed E-state index contributed by atoms with van der Waals surface area (Å²) in [6, 6.07) is 21.8. The highest BCUT2D eigenvalue weighted by Gasteiger charge is 2.42. The van der Waals surface area contributed by atoms with Crippen molar-refractivity contribution in [1.29, 1.82) is 0 Å². The number of carbonyl (C=O) groups is 2. The number of hydrogen-bond donors (Lipinski definition) is 3. The Labute approximate surface area is 491 Å². The van der Waals surface area contributed by atoms with Crippen LogP contribution in [0.2, 0.25) is 5.15 Å². The van der Waals surface area contributed by atoms with Crippen molar-refractivity contribution >= 4 is 49.3 Å². The van der Waals surface area contributed by atoms with Crippen LogP contribution < -0.4 is 38.6 Å². The third-order valence-corrected chi connectivity index (χ3v) is 19.5. The highest BCUT2D eigenvalue weighted by Crippen LogP contribution is 2.49. The summed E-state index contributed by atoms with van der Waals surface area (Å²) in [4.78, 5) is 37.5. The molecule has 2 atom stereocenters. The lowest BCUT2D eigenvalue weighted by molar-refractivity contribution is 0.0972. The lowest BCUT2D eigenvalue weighted by Gasteiger charge is -2.34. The zero-order valence-electron chi connectivity index (χ0n) is 48.0. The van der Waals surface area contributed by atoms with Crippen LogP contribution in [-0.4, -0.2) is 109 Å². The maximum Gasteiger partial charge on any atom is 0.268 e. The number of benzene rings is 2. The fraction of sp³-hybridized carbons (Fsp3) is 0.500. The van der Waals surface area contributed by atoms with Crippen molar-refractivity contribution in [3.63, 3.8) is 0 Å². The molecule has 0 radical (unpaired) electrons. The van der Waals surface area contributed by atoms with Crippen LogP contribution in [0.4, 0.5) is 5.82 Å². The molecule has 4 fully saturated rings. The van der Waals surface area contributed by atoms with Gasteiger partial charge in [-0.15, -0.1) is 10.2 Å². The van der Waals surface area contributed by atoms with Gasteiger partial charge in [-0.2, -0.15) is 0 Å². The largest absolute Gasteiger partial charge is 0.494 e. The van der Waals surface area contributed by atoms with Crippen molar-refractivity contribution in [2.24, 2.45) is 22.7 Å². The van der Waals surface area contributed by atoms with E-state index in [1.165, 1.54) is 66.8 Å². The fourth-order valence-corrected chi connectivity index (χ4v) is 13.1. The zero-order valence-corrected chi connectivity index (χ0v) is 50.4. The van der Waals surface area contributed by atoms with E-state index in [1.54, 1.807) is 65.6 Å². The minimum absolute atomic E-state index is 0.0160. The Balaban J connectivity index is 0.000000185. The molecule has 2 unspecified atom stereocenters. The summed E-state index contributed by atoms with van der Waals surface area (Å²) in [7, 11) is -8.26. The number of fused-ring (bicyclic) bond motifs is 7. The molecular weight excluding hydrogens is 1120 g/mol. The minimum Gasteiger partial charge on any atom is -0.494 e. The van der Waals surface area contributed by atoms with Crippen LogP contribution in [-0.2, 0) is 20.0 Å². The standard InChI is InChI=1S/C30H38ClN5O5S.C30H37N5O5S/c1-29(2)19-21(20-32-29)5-4-17-40-22-6-8-23(9-7-22)42(38,39)35-28(37)24-10-11-25(33-27(24)31)36-16-12-26(34-36)41-18-15-30(3)13-14-30;1-29(2)19-21-5-4-17-39-22-6-8-23(9-7-22)41(37,38)33-28(36)24-10-11-25(31-27(24)34(29)20-21)35-16-12-26(32-35)40-18-15-30(3)13-14-30/h6-12,16,21,32H,4-5,13-15,17-20H2,1-3H3,(H,35,37);6-12,16,21H,4-5,13-15,17-20H2,1-3H3,(H,33,36). The number of amides is 2. The molecule has 6 aliphatic rings. The third-order valence-electron chi connectivity index (χ3n) is 16.6. The second-order valence-corrected chi connectivity index (χ2v) is 28.4. The molecule has 4 bridgehead atoms. The highest BCUT2D eigenvalue weighted by molar-refractivity contribution is 7.90. The smallest absolute Gasteiger partial charge is 0.268 e. The van der Waals surface area contributed by atoms with Crippen LogP contribution in [0.15, 0.2) is 107 Å². The topological polar surface area (TPSA) is 240 Å². The van der Waals surface area contributed by atoms with E-state index in [0.29, 0.717) is 96.4 Å². The van der Waals surface area contributed by atoms with Crippen LogP contribution in [0, 0.1) is 22.7 Å². The number of anilines is 1. The Kier molecular flexibility index (Phi) is 17.2. The summed E-state index contributed by atoms with van der Waals surface area (Å²) >= 11 is 6.27. The van der Waals surface area contributed by atoms with Crippen molar-refractivity contribution in [3.8, 4) is 34.9 Å². The molecular formula is C60H75ClN10O10S2. The molecule has 2 aromatic carbocycles. The maximum atomic E-state index is 13.5. The first-order chi connectivity index (χ1) is 39.4. The van der Waals surface area contributed by atoms with Crippen LogP contribution >= 0.6 is 11.6 Å². The summed E-state index contributed by atoms with van der Waals surface area (Å²) < 4.78 is 82.7. The number of ether oxygens (including phenoxy) is 4. The van der Waals surface area contributed by atoms with Crippen molar-refractivity contribution in [2.45, 2.75) is 139 Å². The molecule has 2 aliphatic carbocycles. The van der Waals surface area contributed by atoms with Crippen LogP contribution in [0.3, 0.4) is 0 Å². The SMILES string of the molecule is CC1(CCOc2ccn(-c3ccc(C(=O)NS(=O)(=O)c4ccc(OCCCC5CNC(C)(C)C5)cc4)c(Cl)n3)n2)CC1.CC1(CCOc2ccn(-c3ccc4c(n3)N3CC(CCCOc5ccc(cc5)S(=O)(=O)NC4=O)CC3(C)C)n2)CC1. The average Bonchev–Trinajstić information content (AvgIpc) is 4.12. The van der Waals surface area contributed by atoms with E-state index in [1.807, 2.05) is 0 Å². The molecule has 3 N–H and O–H groups in total. The van der Waals surface area contributed by atoms with Gasteiger partial charge in [0, 0.05) is 42.1 Å². The molecule has 6 aromatic rings. The zero-order chi connectivity index (χ0) is 58.8. The molecule has 2 amide bonds. The van der Waals surface area contributed by atoms with Gasteiger partial charge in [-0.25, -0.2) is 45.6 Å². The van der Waals surface area contributed by atoms with Crippen molar-refractivity contribution in [1.82, 2.24) is 44.3 Å². The number of sulfonamides is 2. The molecule has 4 aromatic heterocycles. The number of carbonyl (C=O) groups excluding carboxylic acids is 2. The predicted molar refractivity (Wildman–Crippen MR) is 314 cm³/mol. The molecule has 444 valence electrons. The Morgan fingerprint density at radius 2 is 1.41 bits per heavy atom. The molecule has 0 spiro atoms. The Morgan fingerprint density at radius 3 is 2.01 bits per heavy atom. The van der Waals surface area contributed by atoms with E-state index >= 15 is 0 Å². The molecule has 83 heavy (non-hydrogen) atoms. The average molecular weight is 1200 g/mol. The first-order valence-electron chi connectivity index (χ1n) is 28.6. The van der Waals surface area contributed by atoms with Crippen molar-refractivity contribution in [2.75, 3.05) is 44.4 Å². The molecule has 8 heterocycles. The molecule has 4 aliphatic heterocycles. The second-order valence-electron chi connectivity index (χ2n) is 24.7. The number of nitrogens with one attached hydrogen (secondary N) is 3. The molecule has 2 saturated carbocycles. The van der Waals surface area contributed by atoms with E-state index in [0.717, 1.165) is 57.9 Å². The van der Waals surface area contributed by atoms with Crippen LogP contribution in [0.5, 0.6) is 23.3 Å². The van der Waals surface area contributed by atoms with Gasteiger partial charge in [0.1, 0.15) is 22.5 Å². The lowest BCUT2D eigenvalue weighted by Crippen LogP contribution is -2.41.